The van der Waals surface area contributed by atoms with Gasteiger partial charge in [0.25, 0.3) is 0 Å². The number of furan rings is 1. The first-order valence-electron chi connectivity index (χ1n) is 30.2. The van der Waals surface area contributed by atoms with E-state index in [-0.39, 0.29) is 0 Å². The number of fused-ring (bicyclic) bond motifs is 8. The van der Waals surface area contributed by atoms with Gasteiger partial charge in [0.1, 0.15) is 11.2 Å². The van der Waals surface area contributed by atoms with Crippen LogP contribution in [0, 0.1) is 0 Å². The molecule has 0 aliphatic heterocycles. The molecule has 0 saturated heterocycles. The zero-order chi connectivity index (χ0) is 59.6. The molecule has 0 saturated carbocycles. The minimum absolute atomic E-state index is 0.471. The summed E-state index contributed by atoms with van der Waals surface area (Å²) in [5, 5.41) is -4.32. The standard InChI is InChI=1S/C47H32O/c1-47(2)41-20-9-7-12-33(41)39-19-11-18-32(46(39)47)29-22-24-30(25-23-29)44-35-14-3-5-16-37(35)45(38-17-6-4-15-36(38)44)31-26-27-43-40(28-31)34-13-8-10-21-42(34)48-43/h3-28H,1-2H3/i1D3,2D3,3D,4D,5D,6D,7D,8D,9D,10D,11D,12D,13D,14D,15D,16D,17D,18D,19D,20D,21D,22D,23D,24D,25D,26D,27D,28D. The van der Waals surface area contributed by atoms with Crippen LogP contribution in [-0.4, -0.2) is 0 Å². The van der Waals surface area contributed by atoms with Crippen LogP contribution in [0.5, 0.6) is 0 Å². The van der Waals surface area contributed by atoms with Gasteiger partial charge in [-0.15, -0.1) is 0 Å². The fourth-order valence-electron chi connectivity index (χ4n) is 6.18. The second kappa shape index (κ2) is 10.0. The molecule has 9 aromatic rings. The summed E-state index contributed by atoms with van der Waals surface area (Å²) in [6.07, 6.45) is 0. The normalized spacial score (nSPS) is 23.3. The average Bonchev–Trinajstić information content (AvgIpc) is 2.88. The summed E-state index contributed by atoms with van der Waals surface area (Å²) in [7, 11) is 0. The molecule has 1 heterocycles. The van der Waals surface area contributed by atoms with Crippen LogP contribution in [0.25, 0.3) is 88.0 Å². The predicted octanol–water partition coefficient (Wildman–Crippen LogP) is 13.2. The predicted molar refractivity (Wildman–Crippen MR) is 203 cm³/mol. The van der Waals surface area contributed by atoms with Crippen molar-refractivity contribution < 1.29 is 48.3 Å². The van der Waals surface area contributed by atoms with Gasteiger partial charge in [-0.3, -0.25) is 0 Å². The van der Waals surface area contributed by atoms with Gasteiger partial charge >= 0.3 is 0 Å². The van der Waals surface area contributed by atoms with E-state index >= 15 is 0 Å². The lowest BCUT2D eigenvalue weighted by Crippen LogP contribution is -2.16. The van der Waals surface area contributed by atoms with Crippen LogP contribution in [0.15, 0.2) is 162 Å². The van der Waals surface area contributed by atoms with E-state index in [1.165, 1.54) is 0 Å². The number of para-hydroxylation sites is 1. The average molecular weight is 645 g/mol. The summed E-state index contributed by atoms with van der Waals surface area (Å²) >= 11 is 0. The minimum atomic E-state index is -3.95. The van der Waals surface area contributed by atoms with Crippen LogP contribution in [0.2, 0.25) is 0 Å². The van der Waals surface area contributed by atoms with Crippen molar-refractivity contribution in [3.05, 3.63) is 168 Å². The van der Waals surface area contributed by atoms with E-state index in [0.717, 1.165) is 0 Å². The largest absolute Gasteiger partial charge is 0.456 e. The molecule has 0 fully saturated rings. The molecule has 226 valence electrons. The Labute approximate surface area is 324 Å². The van der Waals surface area contributed by atoms with Gasteiger partial charge in [0.2, 0.25) is 0 Å². The molecule has 1 aliphatic carbocycles. The maximum Gasteiger partial charge on any atom is 0.135 e. The third-order valence-corrected chi connectivity index (χ3v) is 8.20. The Kier molecular flexibility index (Phi) is 2.15. The van der Waals surface area contributed by atoms with Crippen LogP contribution in [0.4, 0.5) is 0 Å². The smallest absolute Gasteiger partial charge is 0.135 e. The topological polar surface area (TPSA) is 13.1 Å². The number of rotatable bonds is 3. The van der Waals surface area contributed by atoms with E-state index in [4.69, 9.17) is 33.2 Å². The Morgan fingerprint density at radius 2 is 0.958 bits per heavy atom. The molecule has 0 bridgehead atoms. The van der Waals surface area contributed by atoms with E-state index in [2.05, 4.69) is 0 Å². The van der Waals surface area contributed by atoms with Gasteiger partial charge in [-0.2, -0.15) is 0 Å². The number of benzene rings is 8. The SMILES string of the molecule is [2H]c1c([2H])c([2H])c2c(c1[2H])-c1c([2H])c([2H])c([2H])c(-c3c([2H])c([2H])c(-c4c5c([2H])c([2H])c([2H])c([2H])c5c(-c5c([2H])c([2H])c6oc7c([2H])c([2H])c([2H])c([2H])c7c6c5[2H])c5c([2H])c([2H])c([2H])c([2H])c45)c([2H])c3[2H])c1C2(C([2H])([2H])[2H])C([2H])([2H])[2H]. The van der Waals surface area contributed by atoms with Gasteiger partial charge in [-0.25, -0.2) is 0 Å². The molecule has 0 N–H and O–H groups in total. The Hall–Kier alpha value is -5.92. The van der Waals surface area contributed by atoms with Gasteiger partial charge in [-0.05, 0) is 95.3 Å². The van der Waals surface area contributed by atoms with Crippen molar-refractivity contribution in [2.45, 2.75) is 19.1 Å². The lowest BCUT2D eigenvalue weighted by molar-refractivity contribution is 0.662. The lowest BCUT2D eigenvalue weighted by Gasteiger charge is -2.24. The van der Waals surface area contributed by atoms with Crippen molar-refractivity contribution in [1.82, 2.24) is 0 Å². The molecular formula is C47H32O. The van der Waals surface area contributed by atoms with Gasteiger partial charge < -0.3 is 4.42 Å². The van der Waals surface area contributed by atoms with Crippen LogP contribution in [0.3, 0.4) is 0 Å². The Balaban J connectivity index is 1.45. The van der Waals surface area contributed by atoms with Crippen molar-refractivity contribution in [1.29, 1.82) is 0 Å². The summed E-state index contributed by atoms with van der Waals surface area (Å²) in [4.78, 5) is 0. The van der Waals surface area contributed by atoms with Crippen molar-refractivity contribution in [2.75, 3.05) is 0 Å². The van der Waals surface area contributed by atoms with Gasteiger partial charge in [0.15, 0.2) is 0 Å². The maximum absolute atomic E-state index is 9.74. The fourth-order valence-corrected chi connectivity index (χ4v) is 6.18. The molecule has 1 aromatic heterocycles. The maximum atomic E-state index is 9.74. The van der Waals surface area contributed by atoms with Gasteiger partial charge in [0, 0.05) is 24.4 Å². The first kappa shape index (κ1) is 10.3. The molecule has 0 atom stereocenters. The first-order valence-corrected chi connectivity index (χ1v) is 14.2. The highest BCUT2D eigenvalue weighted by Gasteiger charge is 2.37. The van der Waals surface area contributed by atoms with Crippen LogP contribution in [0.1, 0.15) is 68.7 Å². The van der Waals surface area contributed by atoms with Crippen molar-refractivity contribution >= 4 is 43.5 Å². The fraction of sp³-hybridized carbons (Fsp3) is 0.0638. The molecule has 0 amide bonds. The molecule has 48 heavy (non-hydrogen) atoms. The van der Waals surface area contributed by atoms with Crippen molar-refractivity contribution in [3.8, 4) is 44.5 Å². The summed E-state index contributed by atoms with van der Waals surface area (Å²) < 4.78 is 295. The van der Waals surface area contributed by atoms with Crippen molar-refractivity contribution in [2.24, 2.45) is 0 Å². The summed E-state index contributed by atoms with van der Waals surface area (Å²) in [6.45, 7) is -7.90. The molecule has 1 heteroatoms. The highest BCUT2D eigenvalue weighted by molar-refractivity contribution is 6.22. The van der Waals surface area contributed by atoms with E-state index in [0.29, 0.717) is 0 Å². The number of hydrogen-bond acceptors (Lipinski definition) is 1. The summed E-state index contributed by atoms with van der Waals surface area (Å²) in [5.41, 5.74) is -14.7. The Bertz CT molecular complexity index is 4330. The summed E-state index contributed by atoms with van der Waals surface area (Å²) in [6, 6.07) is -27.7. The lowest BCUT2D eigenvalue weighted by atomic mass is 9.78. The molecule has 0 radical (unpaired) electrons. The third kappa shape index (κ3) is 3.79. The quantitative estimate of drug-likeness (QED) is 0.174. The highest BCUT2D eigenvalue weighted by atomic mass is 16.3. The first-order chi connectivity index (χ1) is 36.9. The van der Waals surface area contributed by atoms with E-state index in [1.807, 2.05) is 0 Å². The second-order valence-corrected chi connectivity index (χ2v) is 10.8. The molecule has 0 unspecified atom stereocenters. The summed E-state index contributed by atoms with van der Waals surface area (Å²) in [5.74, 6) is 0. The molecule has 8 aromatic carbocycles. The molecule has 10 rings (SSSR count). The third-order valence-electron chi connectivity index (χ3n) is 8.20. The van der Waals surface area contributed by atoms with Crippen molar-refractivity contribution in [3.63, 3.8) is 0 Å². The van der Waals surface area contributed by atoms with Crippen LogP contribution < -0.4 is 0 Å². The minimum Gasteiger partial charge on any atom is -0.456 e. The number of hydrogen-bond donors (Lipinski definition) is 0. The monoisotopic (exact) mass is 644 g/mol. The molecule has 1 nitrogen and oxygen atoms in total. The van der Waals surface area contributed by atoms with Crippen LogP contribution >= 0.6 is 0 Å². The van der Waals surface area contributed by atoms with Gasteiger partial charge in [0.05, 0.1) is 35.6 Å². The van der Waals surface area contributed by atoms with E-state index < -0.39 is 275 Å². The van der Waals surface area contributed by atoms with E-state index in [9.17, 15) is 15.1 Å². The van der Waals surface area contributed by atoms with E-state index in [1.54, 1.807) is 0 Å². The second-order valence-electron chi connectivity index (χ2n) is 10.8. The molecular weight excluding hydrogens is 581 g/mol. The Morgan fingerprint density at radius 1 is 0.438 bits per heavy atom. The van der Waals surface area contributed by atoms with Crippen LogP contribution in [-0.2, 0) is 5.41 Å². The van der Waals surface area contributed by atoms with Gasteiger partial charge in [-0.1, -0.05) is 153 Å². The zero-order valence-corrected chi connectivity index (χ0v) is 23.9. The molecule has 1 aliphatic rings. The molecule has 0 spiro atoms. The highest BCUT2D eigenvalue weighted by Crippen LogP contribution is 2.52. The zero-order valence-electron chi connectivity index (χ0n) is 55.9. The Morgan fingerprint density at radius 3 is 1.67 bits per heavy atom.